The van der Waals surface area contributed by atoms with Crippen LogP contribution in [0.15, 0.2) is 66.9 Å². The molecule has 0 spiro atoms. The number of anilines is 2. The minimum absolute atomic E-state index is 0.0888. The molecule has 29 heavy (non-hydrogen) atoms. The van der Waals surface area contributed by atoms with Crippen LogP contribution in [0.4, 0.5) is 11.5 Å². The van der Waals surface area contributed by atoms with Crippen LogP contribution < -0.4 is 10.6 Å². The molecule has 0 bridgehead atoms. The van der Waals surface area contributed by atoms with E-state index in [-0.39, 0.29) is 17.3 Å². The zero-order chi connectivity index (χ0) is 20.8. The first-order valence-electron chi connectivity index (χ1n) is 8.65. The van der Waals surface area contributed by atoms with Crippen molar-refractivity contribution in [2.24, 2.45) is 7.05 Å². The van der Waals surface area contributed by atoms with Crippen molar-refractivity contribution in [3.8, 4) is 0 Å². The molecule has 3 aromatic rings. The maximum atomic E-state index is 12.4. The van der Waals surface area contributed by atoms with Crippen molar-refractivity contribution in [3.63, 3.8) is 0 Å². The van der Waals surface area contributed by atoms with E-state index < -0.39 is 11.9 Å². The number of carboxylic acid groups (broad SMARTS) is 1. The molecule has 146 valence electrons. The Hall–Kier alpha value is -4.20. The highest BCUT2D eigenvalue weighted by molar-refractivity contribution is 6.07. The van der Waals surface area contributed by atoms with Gasteiger partial charge in [0.15, 0.2) is 0 Å². The van der Waals surface area contributed by atoms with Crippen LogP contribution in [0.5, 0.6) is 0 Å². The highest BCUT2D eigenvalue weighted by Crippen LogP contribution is 2.16. The van der Waals surface area contributed by atoms with Crippen LogP contribution in [-0.2, 0) is 11.8 Å². The van der Waals surface area contributed by atoms with Crippen molar-refractivity contribution in [1.29, 1.82) is 0 Å². The van der Waals surface area contributed by atoms with Crippen molar-refractivity contribution in [1.82, 2.24) is 9.78 Å². The highest BCUT2D eigenvalue weighted by atomic mass is 16.4. The van der Waals surface area contributed by atoms with Gasteiger partial charge in [0.25, 0.3) is 5.91 Å². The number of nitrogens with zero attached hydrogens (tertiary/aromatic N) is 2. The summed E-state index contributed by atoms with van der Waals surface area (Å²) in [5.74, 6) is -1.88. The number of aromatic carboxylic acids is 1. The molecule has 0 saturated carbocycles. The van der Waals surface area contributed by atoms with Crippen LogP contribution in [0, 0.1) is 0 Å². The average molecular weight is 390 g/mol. The summed E-state index contributed by atoms with van der Waals surface area (Å²) in [6, 6.07) is 15.7. The van der Waals surface area contributed by atoms with Crippen LogP contribution >= 0.6 is 0 Å². The maximum Gasteiger partial charge on any atom is 0.341 e. The molecule has 0 aliphatic carbocycles. The minimum Gasteiger partial charge on any atom is -0.477 e. The first-order valence-corrected chi connectivity index (χ1v) is 8.65. The molecule has 8 nitrogen and oxygen atoms in total. The van der Waals surface area contributed by atoms with Crippen molar-refractivity contribution < 1.29 is 19.5 Å². The number of hydrogen-bond donors (Lipinski definition) is 3. The lowest BCUT2D eigenvalue weighted by Crippen LogP contribution is -2.17. The zero-order valence-electron chi connectivity index (χ0n) is 15.5. The third-order valence-corrected chi connectivity index (χ3v) is 4.04. The van der Waals surface area contributed by atoms with Gasteiger partial charge in [-0.1, -0.05) is 30.3 Å². The van der Waals surface area contributed by atoms with Crippen molar-refractivity contribution in [2.45, 2.75) is 0 Å². The largest absolute Gasteiger partial charge is 0.477 e. The third-order valence-electron chi connectivity index (χ3n) is 4.04. The molecule has 0 fully saturated rings. The van der Waals surface area contributed by atoms with E-state index in [1.807, 2.05) is 30.3 Å². The molecule has 1 heterocycles. The van der Waals surface area contributed by atoms with Gasteiger partial charge in [-0.05, 0) is 35.9 Å². The van der Waals surface area contributed by atoms with Gasteiger partial charge < -0.3 is 15.7 Å². The van der Waals surface area contributed by atoms with E-state index in [0.29, 0.717) is 11.3 Å². The van der Waals surface area contributed by atoms with Crippen LogP contribution in [-0.4, -0.2) is 32.7 Å². The fourth-order valence-electron chi connectivity index (χ4n) is 2.55. The number of benzene rings is 2. The summed E-state index contributed by atoms with van der Waals surface area (Å²) in [6.45, 7) is 0. The van der Waals surface area contributed by atoms with E-state index in [0.717, 1.165) is 5.56 Å². The Kier molecular flexibility index (Phi) is 5.84. The van der Waals surface area contributed by atoms with Crippen LogP contribution in [0.2, 0.25) is 0 Å². The van der Waals surface area contributed by atoms with E-state index in [9.17, 15) is 14.4 Å². The van der Waals surface area contributed by atoms with E-state index in [4.69, 9.17) is 5.11 Å². The standard InChI is InChI=1S/C21H18N4O4/c1-25-19(17(13-22-25)21(28)29)24-20(27)15-8-10-16(11-9-15)23-18(26)12-7-14-5-3-2-4-6-14/h2-13H,1H3,(H,23,26)(H,24,27)(H,28,29). The van der Waals surface area contributed by atoms with E-state index >= 15 is 0 Å². The maximum absolute atomic E-state index is 12.4. The molecule has 0 radical (unpaired) electrons. The molecule has 3 N–H and O–H groups in total. The van der Waals surface area contributed by atoms with E-state index in [2.05, 4.69) is 15.7 Å². The molecular formula is C21H18N4O4. The topological polar surface area (TPSA) is 113 Å². The van der Waals surface area contributed by atoms with Crippen molar-refractivity contribution >= 4 is 35.4 Å². The van der Waals surface area contributed by atoms with Gasteiger partial charge in [-0.2, -0.15) is 5.10 Å². The second-order valence-electron chi connectivity index (χ2n) is 6.10. The number of carbonyl (C=O) groups is 3. The molecule has 2 amide bonds. The summed E-state index contributed by atoms with van der Waals surface area (Å²) >= 11 is 0. The number of aryl methyl sites for hydroxylation is 1. The lowest BCUT2D eigenvalue weighted by Gasteiger charge is -2.08. The fraction of sp³-hybridized carbons (Fsp3) is 0.0476. The molecule has 0 saturated heterocycles. The number of rotatable bonds is 6. The molecule has 0 atom stereocenters. The van der Waals surface area contributed by atoms with Gasteiger partial charge in [-0.25, -0.2) is 4.79 Å². The molecule has 3 rings (SSSR count). The Morgan fingerprint density at radius 2 is 1.69 bits per heavy atom. The Bertz CT molecular complexity index is 1070. The lowest BCUT2D eigenvalue weighted by atomic mass is 10.2. The number of carboxylic acids is 1. The van der Waals surface area contributed by atoms with Gasteiger partial charge in [0.05, 0.1) is 6.20 Å². The third kappa shape index (κ3) is 4.95. The number of aromatic nitrogens is 2. The predicted molar refractivity (Wildman–Crippen MR) is 109 cm³/mol. The van der Waals surface area contributed by atoms with E-state index in [1.165, 1.54) is 36.1 Å². The summed E-state index contributed by atoms with van der Waals surface area (Å²) in [4.78, 5) is 35.6. The SMILES string of the molecule is Cn1ncc(C(=O)O)c1NC(=O)c1ccc(NC(=O)C=Cc2ccccc2)cc1. The number of nitrogens with one attached hydrogen (secondary N) is 2. The quantitative estimate of drug-likeness (QED) is 0.560. The summed E-state index contributed by atoms with van der Waals surface area (Å²) in [7, 11) is 1.53. The Morgan fingerprint density at radius 3 is 2.34 bits per heavy atom. The van der Waals surface area contributed by atoms with Crippen LogP contribution in [0.1, 0.15) is 26.3 Å². The molecule has 0 unspecified atom stereocenters. The molecule has 1 aromatic heterocycles. The van der Waals surface area contributed by atoms with Gasteiger partial charge in [-0.3, -0.25) is 14.3 Å². The van der Waals surface area contributed by atoms with Gasteiger partial charge >= 0.3 is 5.97 Å². The van der Waals surface area contributed by atoms with E-state index in [1.54, 1.807) is 18.2 Å². The lowest BCUT2D eigenvalue weighted by molar-refractivity contribution is -0.111. The minimum atomic E-state index is -1.19. The smallest absolute Gasteiger partial charge is 0.341 e. The molecule has 2 aromatic carbocycles. The summed E-state index contributed by atoms with van der Waals surface area (Å²) in [5.41, 5.74) is 1.64. The first-order chi connectivity index (χ1) is 13.9. The van der Waals surface area contributed by atoms with Gasteiger partial charge in [0, 0.05) is 24.4 Å². The Balaban J connectivity index is 1.63. The monoisotopic (exact) mass is 390 g/mol. The second kappa shape index (κ2) is 8.66. The number of carbonyl (C=O) groups excluding carboxylic acids is 2. The zero-order valence-corrected chi connectivity index (χ0v) is 15.5. The summed E-state index contributed by atoms with van der Waals surface area (Å²) in [5, 5.41) is 18.2. The number of amides is 2. The van der Waals surface area contributed by atoms with Crippen molar-refractivity contribution in [3.05, 3.63) is 83.6 Å². The molecular weight excluding hydrogens is 372 g/mol. The summed E-state index contributed by atoms with van der Waals surface area (Å²) in [6.07, 6.45) is 4.29. The predicted octanol–water partition coefficient (Wildman–Crippen LogP) is 3.02. The Labute approximate surface area is 166 Å². The Morgan fingerprint density at radius 1 is 1.00 bits per heavy atom. The van der Waals surface area contributed by atoms with Crippen molar-refractivity contribution in [2.75, 3.05) is 10.6 Å². The van der Waals surface area contributed by atoms with Crippen LogP contribution in [0.3, 0.4) is 0 Å². The molecule has 8 heteroatoms. The number of hydrogen-bond acceptors (Lipinski definition) is 4. The van der Waals surface area contributed by atoms with Gasteiger partial charge in [0.1, 0.15) is 11.4 Å². The van der Waals surface area contributed by atoms with Crippen LogP contribution in [0.25, 0.3) is 6.08 Å². The van der Waals surface area contributed by atoms with Gasteiger partial charge in [0.2, 0.25) is 5.91 Å². The second-order valence-corrected chi connectivity index (χ2v) is 6.10. The molecule has 0 aliphatic rings. The first kappa shape index (κ1) is 19.6. The fourth-order valence-corrected chi connectivity index (χ4v) is 2.55. The normalized spacial score (nSPS) is 10.7. The summed E-state index contributed by atoms with van der Waals surface area (Å²) < 4.78 is 1.27. The highest BCUT2D eigenvalue weighted by Gasteiger charge is 2.18. The average Bonchev–Trinajstić information content (AvgIpc) is 3.08. The van der Waals surface area contributed by atoms with Gasteiger partial charge in [-0.15, -0.1) is 0 Å². The molecule has 0 aliphatic heterocycles.